The third-order valence-electron chi connectivity index (χ3n) is 3.09. The quantitative estimate of drug-likeness (QED) is 0.919. The number of nitrogens with zero attached hydrogens (tertiary/aromatic N) is 1. The highest BCUT2D eigenvalue weighted by atomic mass is 35.5. The molecule has 0 bridgehead atoms. The van der Waals surface area contributed by atoms with E-state index in [1.54, 1.807) is 0 Å². The van der Waals surface area contributed by atoms with Crippen molar-refractivity contribution in [3.05, 3.63) is 29.8 Å². The molecular weight excluding hydrogens is 264 g/mol. The van der Waals surface area contributed by atoms with Gasteiger partial charge < -0.3 is 10.1 Å². The van der Waals surface area contributed by atoms with Crippen LogP contribution in [0, 0.1) is 0 Å². The van der Waals surface area contributed by atoms with Crippen molar-refractivity contribution in [1.82, 2.24) is 4.90 Å². The number of morpholine rings is 1. The van der Waals surface area contributed by atoms with Crippen molar-refractivity contribution in [1.29, 1.82) is 0 Å². The molecule has 0 spiro atoms. The molecule has 1 heterocycles. The van der Waals surface area contributed by atoms with Crippen molar-refractivity contribution >= 4 is 24.0 Å². The fourth-order valence-corrected chi connectivity index (χ4v) is 2.03. The summed E-state index contributed by atoms with van der Waals surface area (Å²) >= 11 is 0. The number of aryl methyl sites for hydroxylation is 1. The summed E-state index contributed by atoms with van der Waals surface area (Å²) < 4.78 is 5.26. The molecule has 1 aromatic carbocycles. The van der Waals surface area contributed by atoms with Crippen LogP contribution < -0.4 is 5.32 Å². The maximum absolute atomic E-state index is 11.9. The molecule has 0 unspecified atom stereocenters. The van der Waals surface area contributed by atoms with Crippen molar-refractivity contribution in [3.63, 3.8) is 0 Å². The van der Waals surface area contributed by atoms with Gasteiger partial charge in [-0.05, 0) is 24.1 Å². The van der Waals surface area contributed by atoms with Crippen molar-refractivity contribution < 1.29 is 9.53 Å². The molecule has 0 aliphatic carbocycles. The Labute approximate surface area is 120 Å². The summed E-state index contributed by atoms with van der Waals surface area (Å²) in [7, 11) is 0. The Balaban J connectivity index is 0.00000180. The lowest BCUT2D eigenvalue weighted by Crippen LogP contribution is -2.41. The zero-order chi connectivity index (χ0) is 12.8. The van der Waals surface area contributed by atoms with Crippen molar-refractivity contribution in [2.45, 2.75) is 13.3 Å². The van der Waals surface area contributed by atoms with E-state index in [2.05, 4.69) is 23.2 Å². The number of hydrogen-bond donors (Lipinski definition) is 1. The number of halogens is 1. The van der Waals surface area contributed by atoms with Crippen molar-refractivity contribution in [2.24, 2.45) is 0 Å². The highest BCUT2D eigenvalue weighted by molar-refractivity contribution is 5.92. The molecule has 0 atom stereocenters. The van der Waals surface area contributed by atoms with Gasteiger partial charge in [-0.15, -0.1) is 12.4 Å². The minimum atomic E-state index is 0. The molecule has 1 aliphatic heterocycles. The first-order valence-corrected chi connectivity index (χ1v) is 6.47. The number of nitrogens with one attached hydrogen (secondary N) is 1. The summed E-state index contributed by atoms with van der Waals surface area (Å²) in [5.74, 6) is 0.0464. The van der Waals surface area contributed by atoms with Crippen molar-refractivity contribution in [3.8, 4) is 0 Å². The van der Waals surface area contributed by atoms with Crippen molar-refractivity contribution in [2.75, 3.05) is 38.2 Å². The average molecular weight is 285 g/mol. The van der Waals surface area contributed by atoms with Gasteiger partial charge in [-0.2, -0.15) is 0 Å². The highest BCUT2D eigenvalue weighted by Gasteiger charge is 2.14. The molecule has 19 heavy (non-hydrogen) atoms. The van der Waals surface area contributed by atoms with Crippen LogP contribution in [0.15, 0.2) is 24.3 Å². The standard InChI is InChI=1S/C14H20N2O2.ClH/c1-2-12-4-3-5-13(10-12)15-14(17)11-16-6-8-18-9-7-16;/h3-5,10H,2,6-9,11H2,1H3,(H,15,17);1H. The van der Waals surface area contributed by atoms with Gasteiger partial charge in [0.05, 0.1) is 19.8 Å². The first-order chi connectivity index (χ1) is 8.78. The Hall–Kier alpha value is -1.10. The number of hydrogen-bond acceptors (Lipinski definition) is 3. The first-order valence-electron chi connectivity index (χ1n) is 6.47. The number of carbonyl (C=O) groups is 1. The number of amides is 1. The van der Waals surface area contributed by atoms with Gasteiger partial charge in [-0.1, -0.05) is 19.1 Å². The summed E-state index contributed by atoms with van der Waals surface area (Å²) in [6, 6.07) is 7.99. The summed E-state index contributed by atoms with van der Waals surface area (Å²) in [5, 5.41) is 2.94. The predicted octanol–water partition coefficient (Wildman–Crippen LogP) is 1.94. The van der Waals surface area contributed by atoms with Crippen LogP contribution in [0.25, 0.3) is 0 Å². The zero-order valence-electron chi connectivity index (χ0n) is 11.2. The van der Waals surface area contributed by atoms with E-state index in [1.807, 2.05) is 18.2 Å². The molecule has 1 fully saturated rings. The van der Waals surface area contributed by atoms with E-state index in [0.717, 1.165) is 38.4 Å². The molecule has 0 saturated carbocycles. The Morgan fingerprint density at radius 1 is 1.37 bits per heavy atom. The lowest BCUT2D eigenvalue weighted by atomic mass is 10.1. The fourth-order valence-electron chi connectivity index (χ4n) is 2.03. The topological polar surface area (TPSA) is 41.6 Å². The minimum absolute atomic E-state index is 0. The Morgan fingerprint density at radius 2 is 2.11 bits per heavy atom. The number of carbonyl (C=O) groups excluding carboxylic acids is 1. The molecule has 5 heteroatoms. The monoisotopic (exact) mass is 284 g/mol. The maximum Gasteiger partial charge on any atom is 0.238 e. The van der Waals surface area contributed by atoms with E-state index in [9.17, 15) is 4.79 Å². The van der Waals surface area contributed by atoms with Gasteiger partial charge in [0.2, 0.25) is 5.91 Å². The van der Waals surface area contributed by atoms with E-state index in [1.165, 1.54) is 5.56 Å². The second kappa shape index (κ2) is 8.15. The largest absolute Gasteiger partial charge is 0.379 e. The molecule has 1 N–H and O–H groups in total. The van der Waals surface area contributed by atoms with Crippen LogP contribution in [0.5, 0.6) is 0 Å². The van der Waals surface area contributed by atoms with E-state index in [4.69, 9.17) is 4.74 Å². The summed E-state index contributed by atoms with van der Waals surface area (Å²) in [4.78, 5) is 14.0. The lowest BCUT2D eigenvalue weighted by molar-refractivity contribution is -0.118. The molecule has 1 aliphatic rings. The second-order valence-corrected chi connectivity index (χ2v) is 4.49. The third kappa shape index (κ3) is 5.19. The number of benzene rings is 1. The highest BCUT2D eigenvalue weighted by Crippen LogP contribution is 2.11. The Kier molecular flexibility index (Phi) is 6.84. The molecule has 1 saturated heterocycles. The van der Waals surface area contributed by atoms with Gasteiger partial charge in [0, 0.05) is 18.8 Å². The average Bonchev–Trinajstić information content (AvgIpc) is 2.40. The van der Waals surface area contributed by atoms with E-state index >= 15 is 0 Å². The van der Waals surface area contributed by atoms with E-state index < -0.39 is 0 Å². The smallest absolute Gasteiger partial charge is 0.238 e. The van der Waals surface area contributed by atoms with Gasteiger partial charge in [0.25, 0.3) is 0 Å². The van der Waals surface area contributed by atoms with Crippen LogP contribution in [0.1, 0.15) is 12.5 Å². The molecule has 2 rings (SSSR count). The van der Waals surface area contributed by atoms with E-state index in [-0.39, 0.29) is 18.3 Å². The Morgan fingerprint density at radius 3 is 2.79 bits per heavy atom. The summed E-state index contributed by atoms with van der Waals surface area (Å²) in [6.07, 6.45) is 0.979. The second-order valence-electron chi connectivity index (χ2n) is 4.49. The van der Waals surface area contributed by atoms with Gasteiger partial charge in [-0.25, -0.2) is 0 Å². The number of anilines is 1. The molecule has 1 aromatic rings. The van der Waals surface area contributed by atoms with Gasteiger partial charge in [0.15, 0.2) is 0 Å². The molecule has 106 valence electrons. The lowest BCUT2D eigenvalue weighted by Gasteiger charge is -2.25. The van der Waals surface area contributed by atoms with E-state index in [0.29, 0.717) is 6.54 Å². The summed E-state index contributed by atoms with van der Waals surface area (Å²) in [5.41, 5.74) is 2.12. The van der Waals surface area contributed by atoms with Crippen LogP contribution in [0.3, 0.4) is 0 Å². The molecule has 0 radical (unpaired) electrons. The predicted molar refractivity (Wildman–Crippen MR) is 79.0 cm³/mol. The maximum atomic E-state index is 11.9. The normalized spacial score (nSPS) is 15.6. The van der Waals surface area contributed by atoms with Gasteiger partial charge >= 0.3 is 0 Å². The van der Waals surface area contributed by atoms with Crippen LogP contribution in [-0.2, 0) is 16.0 Å². The molecule has 0 aromatic heterocycles. The van der Waals surface area contributed by atoms with Crippen LogP contribution >= 0.6 is 12.4 Å². The van der Waals surface area contributed by atoms with Gasteiger partial charge in [-0.3, -0.25) is 9.69 Å². The Bertz CT molecular complexity index is 406. The minimum Gasteiger partial charge on any atom is -0.379 e. The first kappa shape index (κ1) is 16.0. The number of rotatable bonds is 4. The molecule has 4 nitrogen and oxygen atoms in total. The number of ether oxygens (including phenoxy) is 1. The molecular formula is C14H21ClN2O2. The zero-order valence-corrected chi connectivity index (χ0v) is 12.0. The van der Waals surface area contributed by atoms with Crippen LogP contribution in [0.2, 0.25) is 0 Å². The fraction of sp³-hybridized carbons (Fsp3) is 0.500. The van der Waals surface area contributed by atoms with Crippen LogP contribution in [0.4, 0.5) is 5.69 Å². The summed E-state index contributed by atoms with van der Waals surface area (Å²) in [6.45, 7) is 5.66. The van der Waals surface area contributed by atoms with Gasteiger partial charge in [0.1, 0.15) is 0 Å². The molecule has 1 amide bonds. The SMILES string of the molecule is CCc1cccc(NC(=O)CN2CCOCC2)c1.Cl. The van der Waals surface area contributed by atoms with Crippen LogP contribution in [-0.4, -0.2) is 43.7 Å². The third-order valence-corrected chi connectivity index (χ3v) is 3.09.